The van der Waals surface area contributed by atoms with Gasteiger partial charge in [0.25, 0.3) is 0 Å². The van der Waals surface area contributed by atoms with Crippen LogP contribution in [0.5, 0.6) is 0 Å². The largest absolute Gasteiger partial charge is 0.469 e. The second-order valence-electron chi connectivity index (χ2n) is 6.86. The van der Waals surface area contributed by atoms with Crippen LogP contribution in [0.2, 0.25) is 0 Å². The number of nitrogens with one attached hydrogen (secondary N) is 2. The predicted molar refractivity (Wildman–Crippen MR) is 131 cm³/mol. The fourth-order valence-corrected chi connectivity index (χ4v) is 3.26. The number of fused-ring (bicyclic) bond motifs is 1. The highest BCUT2D eigenvalue weighted by molar-refractivity contribution is 14.0. The predicted octanol–water partition coefficient (Wildman–Crippen LogP) is 4.20. The van der Waals surface area contributed by atoms with Gasteiger partial charge in [-0.05, 0) is 35.4 Å². The zero-order valence-corrected chi connectivity index (χ0v) is 19.2. The Morgan fingerprint density at radius 3 is 2.57 bits per heavy atom. The van der Waals surface area contributed by atoms with Crippen LogP contribution < -0.4 is 10.6 Å². The minimum Gasteiger partial charge on any atom is -0.469 e. The van der Waals surface area contributed by atoms with Gasteiger partial charge in [-0.1, -0.05) is 36.4 Å². The average Bonchev–Trinajstić information content (AvgIpc) is 3.42. The van der Waals surface area contributed by atoms with Crippen LogP contribution in [0.1, 0.15) is 16.9 Å². The number of hydrogen-bond donors (Lipinski definition) is 2. The van der Waals surface area contributed by atoms with Crippen molar-refractivity contribution in [3.63, 3.8) is 0 Å². The van der Waals surface area contributed by atoms with E-state index < -0.39 is 0 Å². The van der Waals surface area contributed by atoms with E-state index in [0.717, 1.165) is 42.3 Å². The van der Waals surface area contributed by atoms with Gasteiger partial charge in [-0.2, -0.15) is 0 Å². The molecule has 6 nitrogen and oxygen atoms in total. The molecule has 0 amide bonds. The molecular formula is C23H26IN5O. The number of nitrogens with zero attached hydrogens (tertiary/aromatic N) is 3. The molecule has 0 unspecified atom stereocenters. The lowest BCUT2D eigenvalue weighted by atomic mass is 10.1. The van der Waals surface area contributed by atoms with Gasteiger partial charge in [-0.3, -0.25) is 4.99 Å². The van der Waals surface area contributed by atoms with E-state index in [1.807, 2.05) is 36.7 Å². The van der Waals surface area contributed by atoms with Crippen molar-refractivity contribution >= 4 is 41.0 Å². The molecule has 0 saturated carbocycles. The van der Waals surface area contributed by atoms with E-state index in [0.29, 0.717) is 6.54 Å². The fraction of sp³-hybridized carbons (Fsp3) is 0.217. The van der Waals surface area contributed by atoms with Gasteiger partial charge in [0.05, 0.1) is 23.6 Å². The molecule has 156 valence electrons. The highest BCUT2D eigenvalue weighted by atomic mass is 127. The molecular weight excluding hydrogens is 489 g/mol. The third-order valence-electron chi connectivity index (χ3n) is 4.83. The lowest BCUT2D eigenvalue weighted by Gasteiger charge is -2.12. The first-order chi connectivity index (χ1) is 14.3. The molecule has 0 saturated heterocycles. The van der Waals surface area contributed by atoms with Crippen molar-refractivity contribution in [3.05, 3.63) is 90.1 Å². The lowest BCUT2D eigenvalue weighted by Crippen LogP contribution is -2.37. The highest BCUT2D eigenvalue weighted by Gasteiger charge is 2.04. The number of aromatic nitrogens is 2. The number of benzene rings is 2. The van der Waals surface area contributed by atoms with Crippen LogP contribution in [0.25, 0.3) is 11.0 Å². The van der Waals surface area contributed by atoms with Crippen LogP contribution in [0.4, 0.5) is 0 Å². The molecule has 7 heteroatoms. The Balaban J connectivity index is 0.00000256. The molecule has 30 heavy (non-hydrogen) atoms. The molecule has 0 atom stereocenters. The number of furan rings is 1. The number of hydrogen-bond acceptors (Lipinski definition) is 3. The Morgan fingerprint density at radius 2 is 1.80 bits per heavy atom. The van der Waals surface area contributed by atoms with Gasteiger partial charge < -0.3 is 19.6 Å². The molecule has 2 heterocycles. The Labute approximate surface area is 193 Å². The van der Waals surface area contributed by atoms with Gasteiger partial charge >= 0.3 is 0 Å². The van der Waals surface area contributed by atoms with E-state index >= 15 is 0 Å². The first kappa shape index (κ1) is 21.9. The van der Waals surface area contributed by atoms with Gasteiger partial charge in [0.15, 0.2) is 5.96 Å². The topological polar surface area (TPSA) is 67.4 Å². The van der Waals surface area contributed by atoms with Crippen molar-refractivity contribution in [1.29, 1.82) is 0 Å². The maximum atomic E-state index is 5.34. The smallest absolute Gasteiger partial charge is 0.191 e. The summed E-state index contributed by atoms with van der Waals surface area (Å²) in [6.07, 6.45) is 4.42. The molecule has 4 rings (SSSR count). The number of rotatable bonds is 7. The van der Waals surface area contributed by atoms with Crippen molar-refractivity contribution in [1.82, 2.24) is 20.2 Å². The molecule has 0 fully saturated rings. The summed E-state index contributed by atoms with van der Waals surface area (Å²) < 4.78 is 7.52. The van der Waals surface area contributed by atoms with Gasteiger partial charge in [0.2, 0.25) is 0 Å². The molecule has 0 aliphatic carbocycles. The quantitative estimate of drug-likeness (QED) is 0.220. The molecule has 0 radical (unpaired) electrons. The summed E-state index contributed by atoms with van der Waals surface area (Å²) in [6, 6.07) is 20.7. The SMILES string of the molecule is CN=C(NCCc1ccco1)NCc1ccc(Cn2cnc3ccccc32)cc1.I. The molecule has 2 aromatic carbocycles. The zero-order valence-electron chi connectivity index (χ0n) is 16.9. The molecule has 0 aliphatic rings. The van der Waals surface area contributed by atoms with Crippen molar-refractivity contribution in [3.8, 4) is 0 Å². The number of para-hydroxylation sites is 2. The first-order valence-corrected chi connectivity index (χ1v) is 9.76. The van der Waals surface area contributed by atoms with Crippen molar-refractivity contribution in [2.75, 3.05) is 13.6 Å². The normalized spacial score (nSPS) is 11.3. The minimum atomic E-state index is 0. The van der Waals surface area contributed by atoms with Gasteiger partial charge in [-0.15, -0.1) is 24.0 Å². The number of guanidine groups is 1. The maximum absolute atomic E-state index is 5.34. The summed E-state index contributed by atoms with van der Waals surface area (Å²) in [5.74, 6) is 1.75. The summed E-state index contributed by atoms with van der Waals surface area (Å²) in [7, 11) is 1.78. The number of aliphatic imine (C=N–C) groups is 1. The van der Waals surface area contributed by atoms with Crippen molar-refractivity contribution in [2.45, 2.75) is 19.5 Å². The Kier molecular flexibility index (Phi) is 7.89. The summed E-state index contributed by atoms with van der Waals surface area (Å²) >= 11 is 0. The summed E-state index contributed by atoms with van der Waals surface area (Å²) in [5.41, 5.74) is 4.64. The van der Waals surface area contributed by atoms with E-state index in [1.54, 1.807) is 13.3 Å². The van der Waals surface area contributed by atoms with Crippen LogP contribution in [0, 0.1) is 0 Å². The van der Waals surface area contributed by atoms with Crippen LogP contribution in [-0.4, -0.2) is 29.1 Å². The second-order valence-corrected chi connectivity index (χ2v) is 6.86. The van der Waals surface area contributed by atoms with Gasteiger partial charge in [0, 0.05) is 33.1 Å². The Morgan fingerprint density at radius 1 is 1.00 bits per heavy atom. The van der Waals surface area contributed by atoms with E-state index in [2.05, 4.69) is 55.5 Å². The summed E-state index contributed by atoms with van der Waals surface area (Å²) in [6.45, 7) is 2.30. The van der Waals surface area contributed by atoms with Crippen LogP contribution in [0.3, 0.4) is 0 Å². The zero-order chi connectivity index (χ0) is 19.9. The van der Waals surface area contributed by atoms with Crippen molar-refractivity contribution < 1.29 is 4.42 Å². The highest BCUT2D eigenvalue weighted by Crippen LogP contribution is 2.14. The average molecular weight is 515 g/mol. The second kappa shape index (κ2) is 10.8. The van der Waals surface area contributed by atoms with E-state index in [9.17, 15) is 0 Å². The fourth-order valence-electron chi connectivity index (χ4n) is 3.26. The standard InChI is InChI=1S/C23H25N5O.HI/c1-24-23(25-13-12-20-5-4-14-29-20)26-15-18-8-10-19(11-9-18)16-28-17-27-21-6-2-3-7-22(21)28;/h2-11,14,17H,12-13,15-16H2,1H3,(H2,24,25,26);1H. The van der Waals surface area contributed by atoms with Gasteiger partial charge in [-0.25, -0.2) is 4.98 Å². The molecule has 0 spiro atoms. The van der Waals surface area contributed by atoms with Crippen molar-refractivity contribution in [2.24, 2.45) is 4.99 Å². The monoisotopic (exact) mass is 515 g/mol. The third-order valence-corrected chi connectivity index (χ3v) is 4.83. The molecule has 2 N–H and O–H groups in total. The minimum absolute atomic E-state index is 0. The van der Waals surface area contributed by atoms with Crippen LogP contribution in [0.15, 0.2) is 82.7 Å². The molecule has 0 bridgehead atoms. The van der Waals surface area contributed by atoms with Gasteiger partial charge in [0.1, 0.15) is 5.76 Å². The molecule has 0 aliphatic heterocycles. The number of halogens is 1. The Hall–Kier alpha value is -2.81. The van der Waals surface area contributed by atoms with E-state index in [4.69, 9.17) is 4.42 Å². The molecule has 4 aromatic rings. The molecule has 2 aromatic heterocycles. The van der Waals surface area contributed by atoms with E-state index in [-0.39, 0.29) is 24.0 Å². The summed E-state index contributed by atoms with van der Waals surface area (Å²) in [4.78, 5) is 8.73. The van der Waals surface area contributed by atoms with E-state index in [1.165, 1.54) is 11.1 Å². The summed E-state index contributed by atoms with van der Waals surface area (Å²) in [5, 5.41) is 6.65. The maximum Gasteiger partial charge on any atom is 0.191 e. The Bertz CT molecular complexity index is 1070. The number of imidazole rings is 1. The lowest BCUT2D eigenvalue weighted by molar-refractivity contribution is 0.507. The van der Waals surface area contributed by atoms with Crippen LogP contribution in [-0.2, 0) is 19.5 Å². The third kappa shape index (κ3) is 5.63. The van der Waals surface area contributed by atoms with Crippen LogP contribution >= 0.6 is 24.0 Å². The first-order valence-electron chi connectivity index (χ1n) is 9.76.